The van der Waals surface area contributed by atoms with Crippen molar-refractivity contribution >= 4 is 55.2 Å². The molecule has 0 radical (unpaired) electrons. The number of H-pyrrole nitrogens is 1. The molecular formula is C18H15BrN4O2S. The van der Waals surface area contributed by atoms with Crippen LogP contribution >= 0.6 is 27.7 Å². The Morgan fingerprint density at radius 3 is 2.65 bits per heavy atom. The summed E-state index contributed by atoms with van der Waals surface area (Å²) in [7, 11) is 1.58. The number of Topliss-reactive ketones (excluding diaryl/α,β-unsaturated/α-hetero) is 1. The van der Waals surface area contributed by atoms with Crippen molar-refractivity contribution in [3.63, 3.8) is 0 Å². The number of ketones is 1. The molecule has 8 heteroatoms. The number of benzene rings is 2. The number of hydrogen-bond donors (Lipinski definition) is 2. The molecule has 132 valence electrons. The summed E-state index contributed by atoms with van der Waals surface area (Å²) in [5.74, 6) is 0.128. The third-order valence-electron chi connectivity index (χ3n) is 3.58. The van der Waals surface area contributed by atoms with E-state index in [-0.39, 0.29) is 17.4 Å². The topological polar surface area (TPSA) is 90.2 Å². The van der Waals surface area contributed by atoms with Crippen LogP contribution in [0.2, 0.25) is 0 Å². The van der Waals surface area contributed by atoms with E-state index in [1.54, 1.807) is 19.2 Å². The standard InChI is InChI=1S/C18H15BrN4O2S/c1-20-18(26-10-15(24)11-6-8-12(19)9-7-11)23-22-16-13-4-2-3-5-14(13)21-17(16)25/h2-9,21,25H,10H2,1H3. The highest BCUT2D eigenvalue weighted by Crippen LogP contribution is 2.35. The van der Waals surface area contributed by atoms with Crippen LogP contribution in [0, 0.1) is 0 Å². The largest absolute Gasteiger partial charge is 0.493 e. The number of fused-ring (bicyclic) bond motifs is 1. The molecule has 0 aliphatic heterocycles. The number of amidine groups is 1. The summed E-state index contributed by atoms with van der Waals surface area (Å²) in [6.07, 6.45) is 0. The molecule has 1 heterocycles. The first-order chi connectivity index (χ1) is 12.6. The highest BCUT2D eigenvalue weighted by Gasteiger charge is 2.11. The average Bonchev–Trinajstić information content (AvgIpc) is 2.97. The Morgan fingerprint density at radius 1 is 1.19 bits per heavy atom. The second-order valence-electron chi connectivity index (χ2n) is 5.29. The molecule has 26 heavy (non-hydrogen) atoms. The highest BCUT2D eigenvalue weighted by molar-refractivity contribution is 9.10. The summed E-state index contributed by atoms with van der Waals surface area (Å²) in [5, 5.41) is 19.3. The van der Waals surface area contributed by atoms with Gasteiger partial charge >= 0.3 is 0 Å². The number of carbonyl (C=O) groups is 1. The van der Waals surface area contributed by atoms with Crippen molar-refractivity contribution in [3.8, 4) is 5.88 Å². The predicted molar refractivity (Wildman–Crippen MR) is 109 cm³/mol. The highest BCUT2D eigenvalue weighted by atomic mass is 79.9. The Bertz CT molecular complexity index is 996. The van der Waals surface area contributed by atoms with Crippen LogP contribution in [0.3, 0.4) is 0 Å². The molecule has 0 fully saturated rings. The van der Waals surface area contributed by atoms with Crippen LogP contribution in [0.1, 0.15) is 10.4 Å². The molecule has 0 amide bonds. The molecule has 0 aliphatic carbocycles. The number of aliphatic imine (C=N–C) groups is 1. The Hall–Kier alpha value is -2.45. The van der Waals surface area contributed by atoms with Crippen molar-refractivity contribution in [2.45, 2.75) is 0 Å². The molecule has 2 aromatic carbocycles. The minimum Gasteiger partial charge on any atom is -0.493 e. The number of carbonyl (C=O) groups excluding carboxylic acids is 1. The van der Waals surface area contributed by atoms with Crippen LogP contribution in [-0.4, -0.2) is 33.8 Å². The van der Waals surface area contributed by atoms with Gasteiger partial charge in [0.15, 0.2) is 11.5 Å². The fourth-order valence-corrected chi connectivity index (χ4v) is 3.21. The van der Waals surface area contributed by atoms with E-state index in [1.807, 2.05) is 36.4 Å². The minimum atomic E-state index is -0.0543. The van der Waals surface area contributed by atoms with Crippen LogP contribution in [0.5, 0.6) is 5.88 Å². The SMILES string of the molecule is CN=C(N=Nc1c(O)[nH]c2ccccc12)SCC(=O)c1ccc(Br)cc1. The fraction of sp³-hybridized carbons (Fsp3) is 0.111. The number of rotatable bonds is 4. The van der Waals surface area contributed by atoms with Crippen LogP contribution in [0.15, 0.2) is 68.2 Å². The molecule has 0 spiro atoms. The Morgan fingerprint density at radius 2 is 1.92 bits per heavy atom. The summed E-state index contributed by atoms with van der Waals surface area (Å²) in [4.78, 5) is 19.1. The third kappa shape index (κ3) is 4.20. The molecule has 0 aliphatic rings. The number of aromatic amines is 1. The zero-order valence-electron chi connectivity index (χ0n) is 13.8. The number of aromatic hydroxyl groups is 1. The summed E-state index contributed by atoms with van der Waals surface area (Å²) >= 11 is 4.54. The van der Waals surface area contributed by atoms with E-state index < -0.39 is 0 Å². The zero-order valence-corrected chi connectivity index (χ0v) is 16.2. The van der Waals surface area contributed by atoms with Crippen molar-refractivity contribution < 1.29 is 9.90 Å². The smallest absolute Gasteiger partial charge is 0.218 e. The second-order valence-corrected chi connectivity index (χ2v) is 7.15. The number of aromatic nitrogens is 1. The van der Waals surface area contributed by atoms with E-state index in [4.69, 9.17) is 0 Å². The lowest BCUT2D eigenvalue weighted by atomic mass is 10.2. The van der Waals surface area contributed by atoms with E-state index >= 15 is 0 Å². The van der Waals surface area contributed by atoms with Gasteiger partial charge in [-0.05, 0) is 18.2 Å². The number of nitrogens with zero attached hydrogens (tertiary/aromatic N) is 3. The first kappa shape index (κ1) is 18.3. The average molecular weight is 431 g/mol. The van der Waals surface area contributed by atoms with Gasteiger partial charge in [-0.2, -0.15) is 0 Å². The van der Waals surface area contributed by atoms with Crippen LogP contribution in [-0.2, 0) is 0 Å². The van der Waals surface area contributed by atoms with Gasteiger partial charge in [0.1, 0.15) is 0 Å². The molecule has 0 unspecified atom stereocenters. The lowest BCUT2D eigenvalue weighted by Gasteiger charge is -2.01. The summed E-state index contributed by atoms with van der Waals surface area (Å²) in [5.41, 5.74) is 1.75. The summed E-state index contributed by atoms with van der Waals surface area (Å²) in [6, 6.07) is 14.6. The monoisotopic (exact) mass is 430 g/mol. The van der Waals surface area contributed by atoms with Gasteiger partial charge in [-0.15, -0.1) is 10.2 Å². The lowest BCUT2D eigenvalue weighted by molar-refractivity contribution is 0.102. The maximum atomic E-state index is 12.2. The summed E-state index contributed by atoms with van der Waals surface area (Å²) < 4.78 is 0.921. The Kier molecular flexibility index (Phi) is 5.85. The second kappa shape index (κ2) is 8.29. The number of halogens is 1. The van der Waals surface area contributed by atoms with Crippen molar-refractivity contribution in [2.75, 3.05) is 12.8 Å². The van der Waals surface area contributed by atoms with Gasteiger partial charge < -0.3 is 10.1 Å². The normalized spacial score (nSPS) is 12.2. The van der Waals surface area contributed by atoms with Gasteiger partial charge in [-0.3, -0.25) is 9.79 Å². The van der Waals surface area contributed by atoms with Gasteiger partial charge in [-0.1, -0.05) is 58.0 Å². The van der Waals surface area contributed by atoms with Gasteiger partial charge in [0, 0.05) is 22.5 Å². The van der Waals surface area contributed by atoms with Gasteiger partial charge in [-0.25, -0.2) is 0 Å². The number of nitrogens with one attached hydrogen (secondary N) is 1. The molecule has 1 aromatic heterocycles. The maximum absolute atomic E-state index is 12.2. The third-order valence-corrected chi connectivity index (χ3v) is 5.04. The van der Waals surface area contributed by atoms with E-state index in [0.29, 0.717) is 16.4 Å². The first-order valence-corrected chi connectivity index (χ1v) is 9.46. The summed E-state index contributed by atoms with van der Waals surface area (Å²) in [6.45, 7) is 0. The van der Waals surface area contributed by atoms with Crippen LogP contribution in [0.25, 0.3) is 10.9 Å². The Labute approximate surface area is 162 Å². The van der Waals surface area contributed by atoms with Gasteiger partial charge in [0.25, 0.3) is 0 Å². The first-order valence-electron chi connectivity index (χ1n) is 7.68. The number of azo groups is 1. The van der Waals surface area contributed by atoms with Gasteiger partial charge in [0.05, 0.1) is 11.3 Å². The van der Waals surface area contributed by atoms with Crippen molar-refractivity contribution in [3.05, 3.63) is 58.6 Å². The molecule has 6 nitrogen and oxygen atoms in total. The zero-order chi connectivity index (χ0) is 18.5. The molecular weight excluding hydrogens is 416 g/mol. The number of hydrogen-bond acceptors (Lipinski definition) is 5. The quantitative estimate of drug-likeness (QED) is 0.254. The van der Waals surface area contributed by atoms with Crippen molar-refractivity contribution in [2.24, 2.45) is 15.2 Å². The van der Waals surface area contributed by atoms with Gasteiger partial charge in [0.2, 0.25) is 11.0 Å². The van der Waals surface area contributed by atoms with Crippen LogP contribution in [0.4, 0.5) is 5.69 Å². The van der Waals surface area contributed by atoms with Crippen LogP contribution < -0.4 is 0 Å². The van der Waals surface area contributed by atoms with E-state index in [0.717, 1.165) is 15.4 Å². The molecule has 0 saturated carbocycles. The van der Waals surface area contributed by atoms with Crippen molar-refractivity contribution in [1.29, 1.82) is 0 Å². The number of para-hydroxylation sites is 1. The van der Waals surface area contributed by atoms with E-state index in [1.165, 1.54) is 11.8 Å². The minimum absolute atomic E-state index is 0.0196. The maximum Gasteiger partial charge on any atom is 0.218 e. The van der Waals surface area contributed by atoms with E-state index in [9.17, 15) is 9.90 Å². The lowest BCUT2D eigenvalue weighted by Crippen LogP contribution is -2.04. The molecule has 0 bridgehead atoms. The van der Waals surface area contributed by atoms with Crippen molar-refractivity contribution in [1.82, 2.24) is 4.98 Å². The number of thioether (sulfide) groups is 1. The molecule has 0 atom stereocenters. The molecule has 3 rings (SSSR count). The molecule has 0 saturated heterocycles. The molecule has 3 aromatic rings. The Balaban J connectivity index is 1.69. The van der Waals surface area contributed by atoms with E-state index in [2.05, 4.69) is 36.1 Å². The fourth-order valence-electron chi connectivity index (χ4n) is 2.29. The predicted octanol–water partition coefficient (Wildman–Crippen LogP) is 5.32. The molecule has 2 N–H and O–H groups in total.